The summed E-state index contributed by atoms with van der Waals surface area (Å²) in [5.74, 6) is -4.92. The summed E-state index contributed by atoms with van der Waals surface area (Å²) in [4.78, 5) is 37.9. The first-order valence-corrected chi connectivity index (χ1v) is 13.2. The van der Waals surface area contributed by atoms with Crippen LogP contribution in [-0.2, 0) is 19.1 Å². The molecule has 9 atom stereocenters. The van der Waals surface area contributed by atoms with Crippen molar-refractivity contribution in [3.05, 3.63) is 23.6 Å². The zero-order chi connectivity index (χ0) is 27.7. The van der Waals surface area contributed by atoms with Crippen LogP contribution in [0.25, 0.3) is 0 Å². The Morgan fingerprint density at radius 2 is 1.89 bits per heavy atom. The lowest BCUT2D eigenvalue weighted by molar-refractivity contribution is -0.227. The lowest BCUT2D eigenvalue weighted by Crippen LogP contribution is -2.69. The largest absolute Gasteiger partial charge is 0.509 e. The van der Waals surface area contributed by atoms with Crippen LogP contribution < -0.4 is 0 Å². The van der Waals surface area contributed by atoms with Crippen molar-refractivity contribution in [2.45, 2.75) is 97.1 Å². The minimum atomic E-state index is -2.33. The zero-order valence-corrected chi connectivity index (χ0v) is 22.3. The van der Waals surface area contributed by atoms with E-state index < -0.39 is 70.0 Å². The second-order valence-electron chi connectivity index (χ2n) is 12.2. The minimum absolute atomic E-state index is 0.0197. The van der Waals surface area contributed by atoms with Crippen molar-refractivity contribution in [3.8, 4) is 0 Å². The van der Waals surface area contributed by atoms with Crippen LogP contribution in [0.5, 0.6) is 0 Å². The molecule has 0 spiro atoms. The molecule has 2 fully saturated rings. The number of carbonyl (C=O) groups excluding carboxylic acids is 2. The maximum atomic E-state index is 17.3. The van der Waals surface area contributed by atoms with E-state index in [1.165, 1.54) is 19.1 Å². The molecule has 206 valence electrons. The number of halogens is 2. The molecule has 0 radical (unpaired) electrons. The van der Waals surface area contributed by atoms with Gasteiger partial charge in [0.2, 0.25) is 5.60 Å². The molecule has 0 bridgehead atoms. The average molecular weight is 525 g/mol. The van der Waals surface area contributed by atoms with Crippen molar-refractivity contribution in [3.63, 3.8) is 0 Å². The van der Waals surface area contributed by atoms with Crippen LogP contribution in [0.2, 0.25) is 0 Å². The van der Waals surface area contributed by atoms with E-state index >= 15 is 8.78 Å². The third kappa shape index (κ3) is 3.55. The Morgan fingerprint density at radius 1 is 1.24 bits per heavy atom. The molecule has 0 aromatic rings. The first-order valence-electron chi connectivity index (χ1n) is 13.2. The number of ether oxygens (including phenoxy) is 2. The van der Waals surface area contributed by atoms with Gasteiger partial charge in [0.15, 0.2) is 11.5 Å². The van der Waals surface area contributed by atoms with Crippen molar-refractivity contribution in [2.75, 3.05) is 0 Å². The van der Waals surface area contributed by atoms with Crippen molar-refractivity contribution in [1.82, 2.24) is 0 Å². The quantitative estimate of drug-likeness (QED) is 0.469. The number of hydrogen-bond donors (Lipinski definition) is 2. The van der Waals surface area contributed by atoms with Gasteiger partial charge in [-0.1, -0.05) is 40.7 Å². The van der Waals surface area contributed by atoms with Gasteiger partial charge in [0.1, 0.15) is 11.9 Å². The number of carboxylic acids is 1. The molecule has 9 heteroatoms. The van der Waals surface area contributed by atoms with Gasteiger partial charge in [0.05, 0.1) is 6.10 Å². The second-order valence-corrected chi connectivity index (χ2v) is 12.2. The summed E-state index contributed by atoms with van der Waals surface area (Å²) in [6.07, 6.45) is -0.987. The van der Waals surface area contributed by atoms with E-state index in [2.05, 4.69) is 0 Å². The highest BCUT2D eigenvalue weighted by Gasteiger charge is 2.78. The summed E-state index contributed by atoms with van der Waals surface area (Å²) in [5, 5.41) is 21.9. The van der Waals surface area contributed by atoms with Gasteiger partial charge in [-0.2, -0.15) is 0 Å². The zero-order valence-electron chi connectivity index (χ0n) is 22.3. The van der Waals surface area contributed by atoms with Gasteiger partial charge < -0.3 is 19.7 Å². The van der Waals surface area contributed by atoms with E-state index in [-0.39, 0.29) is 43.0 Å². The number of aliphatic carboxylic acids is 1. The van der Waals surface area contributed by atoms with E-state index in [0.29, 0.717) is 6.42 Å². The van der Waals surface area contributed by atoms with E-state index in [1.807, 2.05) is 20.8 Å². The highest BCUT2D eigenvalue weighted by molar-refractivity contribution is 5.93. The standard InChI is InChI=1S/C28H38F2O7/c1-7-21(14(2)3)36-24(35)37-28(23(33)34)15(4)10-17-18-12-20(29)19-11-16(31)8-9-25(19,5)27(18,30)22(32)13-26(17,28)6/h8-9,14-15,17-18,21-22,32H,7,10-13H2,1-6H3,(H,33,34)/t15-,17+,18+,21?,22+,25+,26+,27+,28+/m1/s1. The molecular weight excluding hydrogens is 486 g/mol. The van der Waals surface area contributed by atoms with Crippen LogP contribution in [0.3, 0.4) is 0 Å². The molecule has 37 heavy (non-hydrogen) atoms. The molecule has 1 unspecified atom stereocenters. The Hall–Kier alpha value is -2.29. The van der Waals surface area contributed by atoms with Crippen molar-refractivity contribution in [1.29, 1.82) is 0 Å². The molecule has 0 aliphatic heterocycles. The number of aliphatic hydroxyl groups excluding tert-OH is 1. The van der Waals surface area contributed by atoms with Gasteiger partial charge in [0.25, 0.3) is 0 Å². The Bertz CT molecular complexity index is 1070. The maximum absolute atomic E-state index is 17.3. The lowest BCUT2D eigenvalue weighted by atomic mass is 9.45. The number of aliphatic hydroxyl groups is 1. The summed E-state index contributed by atoms with van der Waals surface area (Å²) in [5.41, 5.74) is -7.36. The Labute approximate surface area is 216 Å². The molecule has 0 heterocycles. The topological polar surface area (TPSA) is 110 Å². The fraction of sp³-hybridized carbons (Fsp3) is 0.750. The van der Waals surface area contributed by atoms with Crippen molar-refractivity contribution >= 4 is 17.9 Å². The number of carboxylic acid groups (broad SMARTS) is 1. The highest BCUT2D eigenvalue weighted by atomic mass is 19.1. The lowest BCUT2D eigenvalue weighted by Gasteiger charge is -2.61. The van der Waals surface area contributed by atoms with Gasteiger partial charge >= 0.3 is 12.1 Å². The van der Waals surface area contributed by atoms with E-state index in [9.17, 15) is 24.6 Å². The molecule has 0 aromatic heterocycles. The average Bonchev–Trinajstić information content (AvgIpc) is 3.02. The molecule has 0 saturated heterocycles. The van der Waals surface area contributed by atoms with E-state index in [4.69, 9.17) is 9.47 Å². The monoisotopic (exact) mass is 524 g/mol. The van der Waals surface area contributed by atoms with Gasteiger partial charge in [-0.3, -0.25) is 4.79 Å². The number of hydrogen-bond acceptors (Lipinski definition) is 6. The molecule has 0 amide bonds. The summed E-state index contributed by atoms with van der Waals surface area (Å²) in [6.45, 7) is 10.3. The first-order chi connectivity index (χ1) is 17.1. The molecular formula is C28H38F2O7. The van der Waals surface area contributed by atoms with Crippen LogP contribution in [0.1, 0.15) is 73.6 Å². The van der Waals surface area contributed by atoms with Gasteiger partial charge in [-0.15, -0.1) is 0 Å². The van der Waals surface area contributed by atoms with Crippen molar-refractivity contribution < 1.29 is 42.9 Å². The molecule has 2 saturated carbocycles. The first kappa shape index (κ1) is 27.7. The summed E-state index contributed by atoms with van der Waals surface area (Å²) in [7, 11) is 0. The SMILES string of the molecule is CCC(OC(=O)O[C@]1(C(=O)O)[C@H](C)C[C@H]2[C@@H]3CC(F)=C4CC(=O)C=C[C@]4(C)[C@@]3(F)[C@@H](O)C[C@@]21C)C(C)C. The van der Waals surface area contributed by atoms with Crippen LogP contribution in [0.4, 0.5) is 13.6 Å². The molecule has 0 aromatic carbocycles. The second kappa shape index (κ2) is 8.89. The highest BCUT2D eigenvalue weighted by Crippen LogP contribution is 2.71. The third-order valence-electron chi connectivity index (χ3n) is 10.2. The number of fused-ring (bicyclic) bond motifs is 5. The Morgan fingerprint density at radius 3 is 2.46 bits per heavy atom. The fourth-order valence-corrected chi connectivity index (χ4v) is 8.18. The molecule has 2 N–H and O–H groups in total. The van der Waals surface area contributed by atoms with Crippen LogP contribution in [-0.4, -0.2) is 51.6 Å². The smallest absolute Gasteiger partial charge is 0.478 e. The maximum Gasteiger partial charge on any atom is 0.509 e. The third-order valence-corrected chi connectivity index (χ3v) is 10.2. The van der Waals surface area contributed by atoms with E-state index in [1.54, 1.807) is 13.8 Å². The van der Waals surface area contributed by atoms with Crippen LogP contribution in [0.15, 0.2) is 23.6 Å². The normalized spacial score (nSPS) is 43.7. The fourth-order valence-electron chi connectivity index (χ4n) is 8.18. The van der Waals surface area contributed by atoms with Crippen LogP contribution >= 0.6 is 0 Å². The minimum Gasteiger partial charge on any atom is -0.478 e. The number of ketones is 1. The van der Waals surface area contributed by atoms with Gasteiger partial charge in [0, 0.05) is 35.5 Å². The number of carbonyl (C=O) groups is 3. The molecule has 7 nitrogen and oxygen atoms in total. The number of alkyl halides is 1. The van der Waals surface area contributed by atoms with Crippen molar-refractivity contribution in [2.24, 2.45) is 34.5 Å². The number of allylic oxidation sites excluding steroid dienone is 4. The Balaban J connectivity index is 1.78. The predicted molar refractivity (Wildman–Crippen MR) is 130 cm³/mol. The predicted octanol–water partition coefficient (Wildman–Crippen LogP) is 5.31. The number of rotatable bonds is 5. The molecule has 4 aliphatic carbocycles. The van der Waals surface area contributed by atoms with Gasteiger partial charge in [-0.25, -0.2) is 18.4 Å². The molecule has 4 rings (SSSR count). The molecule has 4 aliphatic rings. The summed E-state index contributed by atoms with van der Waals surface area (Å²) < 4.78 is 44.0. The van der Waals surface area contributed by atoms with Gasteiger partial charge in [-0.05, 0) is 49.7 Å². The Kier molecular flexibility index (Phi) is 6.66. The summed E-state index contributed by atoms with van der Waals surface area (Å²) in [6, 6.07) is 0. The van der Waals surface area contributed by atoms with Crippen LogP contribution in [0, 0.1) is 34.5 Å². The summed E-state index contributed by atoms with van der Waals surface area (Å²) >= 11 is 0. The van der Waals surface area contributed by atoms with E-state index in [0.717, 1.165) is 0 Å².